The van der Waals surface area contributed by atoms with E-state index in [1.54, 1.807) is 6.07 Å². The van der Waals surface area contributed by atoms with Crippen LogP contribution in [0.5, 0.6) is 5.75 Å². The minimum Gasteiger partial charge on any atom is -0.497 e. The van der Waals surface area contributed by atoms with E-state index in [1.807, 2.05) is 60.7 Å². The maximum absolute atomic E-state index is 12.3. The average Bonchev–Trinajstić information content (AvgIpc) is 2.73. The van der Waals surface area contributed by atoms with Crippen molar-refractivity contribution in [2.24, 2.45) is 0 Å². The molecule has 3 rings (SSSR count). The lowest BCUT2D eigenvalue weighted by molar-refractivity contribution is 0.0612. The van der Waals surface area contributed by atoms with E-state index in [2.05, 4.69) is 10.3 Å². The number of aromatic nitrogens is 1. The highest BCUT2D eigenvalue weighted by atomic mass is 16.6. The van der Waals surface area contributed by atoms with Crippen LogP contribution in [0.1, 0.15) is 27.7 Å². The van der Waals surface area contributed by atoms with Crippen molar-refractivity contribution < 1.29 is 19.1 Å². The average molecular weight is 362 g/mol. The summed E-state index contributed by atoms with van der Waals surface area (Å²) >= 11 is 0. The van der Waals surface area contributed by atoms with Crippen molar-refractivity contribution in [1.29, 1.82) is 0 Å². The third kappa shape index (κ3) is 4.70. The van der Waals surface area contributed by atoms with Gasteiger partial charge >= 0.3 is 12.1 Å². The Morgan fingerprint density at radius 2 is 1.52 bits per heavy atom. The summed E-state index contributed by atoms with van der Waals surface area (Å²) in [7, 11) is 1.47. The van der Waals surface area contributed by atoms with E-state index in [1.165, 1.54) is 19.4 Å². The fourth-order valence-corrected chi connectivity index (χ4v) is 2.58. The number of hydrogen-bond donors (Lipinski definition) is 1. The number of benzene rings is 2. The number of nitrogens with zero attached hydrogens (tertiary/aromatic N) is 1. The molecule has 0 fully saturated rings. The standard InChI is InChI=1S/C21H18N2O4/c1-26-17-12-13-22-18(14-17)20(24)27-21(25)23-19(15-8-4-2-5-9-15)16-10-6-3-7-11-16/h2-14,19H,1H3,(H,23,25). The number of methoxy groups -OCH3 is 1. The number of ether oxygens (including phenoxy) is 2. The number of rotatable bonds is 5. The van der Waals surface area contributed by atoms with Gasteiger partial charge in [0.15, 0.2) is 5.69 Å². The van der Waals surface area contributed by atoms with E-state index >= 15 is 0 Å². The molecule has 0 aliphatic heterocycles. The molecule has 1 heterocycles. The molecule has 1 aromatic heterocycles. The molecule has 2 aromatic carbocycles. The fraction of sp³-hybridized carbons (Fsp3) is 0.0952. The Morgan fingerprint density at radius 3 is 2.07 bits per heavy atom. The number of pyridine rings is 1. The topological polar surface area (TPSA) is 77.5 Å². The summed E-state index contributed by atoms with van der Waals surface area (Å²) in [5.41, 5.74) is 1.72. The van der Waals surface area contributed by atoms with Gasteiger partial charge in [-0.3, -0.25) is 0 Å². The molecule has 27 heavy (non-hydrogen) atoms. The first kappa shape index (κ1) is 18.1. The highest BCUT2D eigenvalue weighted by Gasteiger charge is 2.21. The predicted molar refractivity (Wildman–Crippen MR) is 99.5 cm³/mol. The summed E-state index contributed by atoms with van der Waals surface area (Å²) in [6.07, 6.45) is 0.548. The largest absolute Gasteiger partial charge is 0.497 e. The Balaban J connectivity index is 1.75. The normalized spacial score (nSPS) is 10.3. The molecule has 6 nitrogen and oxygen atoms in total. The van der Waals surface area contributed by atoms with Crippen molar-refractivity contribution in [3.05, 3.63) is 95.8 Å². The number of esters is 1. The zero-order chi connectivity index (χ0) is 19.1. The van der Waals surface area contributed by atoms with Gasteiger partial charge in [-0.05, 0) is 17.2 Å². The molecule has 0 atom stereocenters. The van der Waals surface area contributed by atoms with Gasteiger partial charge < -0.3 is 14.8 Å². The molecule has 1 amide bonds. The third-order valence-corrected chi connectivity index (χ3v) is 3.89. The first-order valence-corrected chi connectivity index (χ1v) is 8.30. The second-order valence-electron chi connectivity index (χ2n) is 5.66. The lowest BCUT2D eigenvalue weighted by atomic mass is 9.99. The Kier molecular flexibility index (Phi) is 5.79. The zero-order valence-electron chi connectivity index (χ0n) is 14.7. The zero-order valence-corrected chi connectivity index (χ0v) is 14.7. The molecule has 0 saturated carbocycles. The molecule has 0 unspecified atom stereocenters. The number of carbonyl (C=O) groups is 2. The van der Waals surface area contributed by atoms with Gasteiger partial charge in [0.05, 0.1) is 13.2 Å². The third-order valence-electron chi connectivity index (χ3n) is 3.89. The van der Waals surface area contributed by atoms with E-state index in [-0.39, 0.29) is 5.69 Å². The molecular weight excluding hydrogens is 344 g/mol. The highest BCUT2D eigenvalue weighted by Crippen LogP contribution is 2.22. The summed E-state index contributed by atoms with van der Waals surface area (Å²) in [6, 6.07) is 21.4. The van der Waals surface area contributed by atoms with Crippen molar-refractivity contribution in [3.63, 3.8) is 0 Å². The molecule has 0 saturated heterocycles. The molecule has 3 aromatic rings. The molecule has 0 spiro atoms. The molecule has 1 N–H and O–H groups in total. The molecule has 0 aliphatic rings. The lowest BCUT2D eigenvalue weighted by Gasteiger charge is -2.19. The summed E-state index contributed by atoms with van der Waals surface area (Å²) in [5.74, 6) is -0.407. The SMILES string of the molecule is COc1ccnc(C(=O)OC(=O)NC(c2ccccc2)c2ccccc2)c1. The Morgan fingerprint density at radius 1 is 0.926 bits per heavy atom. The van der Waals surface area contributed by atoms with Gasteiger partial charge in [0, 0.05) is 12.3 Å². The van der Waals surface area contributed by atoms with Gasteiger partial charge in [-0.1, -0.05) is 60.7 Å². The molecule has 0 aliphatic carbocycles. The van der Waals surface area contributed by atoms with E-state index in [9.17, 15) is 9.59 Å². The molecule has 0 radical (unpaired) electrons. The van der Waals surface area contributed by atoms with Crippen LogP contribution in [0.25, 0.3) is 0 Å². The number of amides is 1. The van der Waals surface area contributed by atoms with Crippen LogP contribution in [0.2, 0.25) is 0 Å². The Labute approximate surface area is 156 Å². The first-order valence-electron chi connectivity index (χ1n) is 8.30. The van der Waals surface area contributed by atoms with Crippen LogP contribution in [0.3, 0.4) is 0 Å². The molecule has 136 valence electrons. The van der Waals surface area contributed by atoms with Crippen LogP contribution in [0.4, 0.5) is 4.79 Å². The Hall–Kier alpha value is -3.67. The molecule has 0 bridgehead atoms. The van der Waals surface area contributed by atoms with Crippen LogP contribution in [-0.4, -0.2) is 24.2 Å². The van der Waals surface area contributed by atoms with Crippen molar-refractivity contribution in [1.82, 2.24) is 10.3 Å². The van der Waals surface area contributed by atoms with E-state index in [4.69, 9.17) is 9.47 Å². The van der Waals surface area contributed by atoms with Crippen molar-refractivity contribution in [2.45, 2.75) is 6.04 Å². The number of hydrogen-bond acceptors (Lipinski definition) is 5. The summed E-state index contributed by atoms with van der Waals surface area (Å²) in [5, 5.41) is 2.74. The maximum Gasteiger partial charge on any atom is 0.415 e. The van der Waals surface area contributed by atoms with Gasteiger partial charge in [-0.25, -0.2) is 14.6 Å². The van der Waals surface area contributed by atoms with Crippen LogP contribution < -0.4 is 10.1 Å². The van der Waals surface area contributed by atoms with Crippen molar-refractivity contribution >= 4 is 12.1 Å². The predicted octanol–water partition coefficient (Wildman–Crippen LogP) is 3.75. The van der Waals surface area contributed by atoms with E-state index in [0.717, 1.165) is 11.1 Å². The van der Waals surface area contributed by atoms with Crippen LogP contribution in [0.15, 0.2) is 79.0 Å². The lowest BCUT2D eigenvalue weighted by Crippen LogP contribution is -2.31. The number of alkyl carbamates (subject to hydrolysis) is 1. The number of nitrogens with one attached hydrogen (secondary N) is 1. The summed E-state index contributed by atoms with van der Waals surface area (Å²) < 4.78 is 9.94. The van der Waals surface area contributed by atoms with E-state index < -0.39 is 18.1 Å². The summed E-state index contributed by atoms with van der Waals surface area (Å²) in [4.78, 5) is 28.4. The van der Waals surface area contributed by atoms with Crippen LogP contribution in [0, 0.1) is 0 Å². The van der Waals surface area contributed by atoms with Gasteiger partial charge in [-0.2, -0.15) is 0 Å². The minimum atomic E-state index is -0.859. The van der Waals surface area contributed by atoms with Crippen molar-refractivity contribution in [2.75, 3.05) is 7.11 Å². The van der Waals surface area contributed by atoms with Gasteiger partial charge in [0.25, 0.3) is 0 Å². The van der Waals surface area contributed by atoms with Gasteiger partial charge in [0.2, 0.25) is 0 Å². The van der Waals surface area contributed by atoms with Crippen LogP contribution >= 0.6 is 0 Å². The fourth-order valence-electron chi connectivity index (χ4n) is 2.58. The summed E-state index contributed by atoms with van der Waals surface area (Å²) in [6.45, 7) is 0. The van der Waals surface area contributed by atoms with E-state index in [0.29, 0.717) is 5.75 Å². The molecular formula is C21H18N2O4. The highest BCUT2D eigenvalue weighted by molar-refractivity contribution is 5.95. The van der Waals surface area contributed by atoms with Gasteiger partial charge in [0.1, 0.15) is 5.75 Å². The quantitative estimate of drug-likeness (QED) is 0.552. The maximum atomic E-state index is 12.3. The second kappa shape index (κ2) is 8.62. The monoisotopic (exact) mass is 362 g/mol. The number of carbonyl (C=O) groups excluding carboxylic acids is 2. The Bertz CT molecular complexity index is 874. The first-order chi connectivity index (χ1) is 13.2. The second-order valence-corrected chi connectivity index (χ2v) is 5.66. The molecule has 6 heteroatoms. The van der Waals surface area contributed by atoms with Crippen LogP contribution in [-0.2, 0) is 4.74 Å². The smallest absolute Gasteiger partial charge is 0.415 e. The van der Waals surface area contributed by atoms with Crippen molar-refractivity contribution in [3.8, 4) is 5.75 Å². The minimum absolute atomic E-state index is 0.0135. The van der Waals surface area contributed by atoms with Gasteiger partial charge in [-0.15, -0.1) is 0 Å².